The van der Waals surface area contributed by atoms with Gasteiger partial charge in [-0.1, -0.05) is 25.5 Å². The number of hydrogen-bond acceptors (Lipinski definition) is 2. The summed E-state index contributed by atoms with van der Waals surface area (Å²) in [6.45, 7) is 6.17. The lowest BCUT2D eigenvalue weighted by Crippen LogP contribution is -2.26. The fourth-order valence-corrected chi connectivity index (χ4v) is 3.11. The fourth-order valence-electron chi connectivity index (χ4n) is 3.11. The maximum Gasteiger partial charge on any atom is 0.0316 e. The number of nitrogens with zero attached hydrogens (tertiary/aromatic N) is 1. The molecule has 0 aromatic heterocycles. The van der Waals surface area contributed by atoms with Crippen molar-refractivity contribution < 1.29 is 0 Å². The van der Waals surface area contributed by atoms with Gasteiger partial charge in [-0.3, -0.25) is 0 Å². The van der Waals surface area contributed by atoms with Crippen molar-refractivity contribution in [3.05, 3.63) is 29.8 Å². The monoisotopic (exact) mass is 260 g/mol. The largest absolute Gasteiger partial charge is 0.399 e. The van der Waals surface area contributed by atoms with Gasteiger partial charge in [-0.15, -0.1) is 0 Å². The predicted octanol–water partition coefficient (Wildman–Crippen LogP) is 3.71. The quantitative estimate of drug-likeness (QED) is 0.818. The fraction of sp³-hybridized carbons (Fsp3) is 0.647. The van der Waals surface area contributed by atoms with Crippen LogP contribution in [0, 0.1) is 5.92 Å². The Morgan fingerprint density at radius 2 is 2.16 bits per heavy atom. The van der Waals surface area contributed by atoms with Crippen molar-refractivity contribution in [3.63, 3.8) is 0 Å². The van der Waals surface area contributed by atoms with Crippen LogP contribution in [0.2, 0.25) is 0 Å². The maximum absolute atomic E-state index is 5.81. The summed E-state index contributed by atoms with van der Waals surface area (Å²) in [5.41, 5.74) is 8.08. The van der Waals surface area contributed by atoms with Crippen LogP contribution in [0.4, 0.5) is 5.69 Å². The van der Waals surface area contributed by atoms with E-state index in [0.29, 0.717) is 0 Å². The number of nitrogen functional groups attached to an aromatic ring is 1. The second kappa shape index (κ2) is 7.54. The van der Waals surface area contributed by atoms with E-state index in [0.717, 1.165) is 18.0 Å². The number of likely N-dealkylation sites (tertiary alicyclic amines) is 1. The molecular formula is C17H28N2. The zero-order chi connectivity index (χ0) is 13.5. The first-order valence-corrected chi connectivity index (χ1v) is 7.84. The minimum atomic E-state index is 0.887. The molecule has 1 aromatic rings. The molecule has 1 saturated heterocycles. The van der Waals surface area contributed by atoms with Crippen LogP contribution in [-0.2, 0) is 6.42 Å². The first kappa shape index (κ1) is 14.4. The Balaban J connectivity index is 1.70. The first-order chi connectivity index (χ1) is 9.28. The highest BCUT2D eigenvalue weighted by Crippen LogP contribution is 2.20. The van der Waals surface area contributed by atoms with Gasteiger partial charge in [-0.05, 0) is 75.4 Å². The van der Waals surface area contributed by atoms with E-state index < -0.39 is 0 Å². The molecule has 0 amide bonds. The molecule has 2 rings (SSSR count). The van der Waals surface area contributed by atoms with Gasteiger partial charge < -0.3 is 10.6 Å². The summed E-state index contributed by atoms with van der Waals surface area (Å²) in [6, 6.07) is 8.31. The minimum Gasteiger partial charge on any atom is -0.399 e. The van der Waals surface area contributed by atoms with E-state index in [9.17, 15) is 0 Å². The summed E-state index contributed by atoms with van der Waals surface area (Å²) >= 11 is 0. The van der Waals surface area contributed by atoms with Crippen molar-refractivity contribution in [2.24, 2.45) is 5.92 Å². The molecule has 1 atom stereocenters. The highest BCUT2D eigenvalue weighted by atomic mass is 15.1. The summed E-state index contributed by atoms with van der Waals surface area (Å²) in [7, 11) is 0. The van der Waals surface area contributed by atoms with E-state index in [1.165, 1.54) is 57.3 Å². The van der Waals surface area contributed by atoms with Crippen LogP contribution >= 0.6 is 0 Å². The number of nitrogens with two attached hydrogens (primary N) is 1. The smallest absolute Gasteiger partial charge is 0.0316 e. The zero-order valence-electron chi connectivity index (χ0n) is 12.3. The molecule has 1 aliphatic rings. The van der Waals surface area contributed by atoms with Crippen molar-refractivity contribution in [2.45, 2.75) is 45.4 Å². The highest BCUT2D eigenvalue weighted by Gasteiger charge is 2.14. The van der Waals surface area contributed by atoms with Crippen LogP contribution in [0.3, 0.4) is 0 Å². The normalized spacial score (nSPS) is 21.2. The maximum atomic E-state index is 5.81. The van der Waals surface area contributed by atoms with Crippen molar-refractivity contribution in [2.75, 3.05) is 25.4 Å². The Labute approximate surface area is 118 Å². The van der Waals surface area contributed by atoms with Crippen LogP contribution in [0.15, 0.2) is 24.3 Å². The van der Waals surface area contributed by atoms with Gasteiger partial charge >= 0.3 is 0 Å². The van der Waals surface area contributed by atoms with E-state index in [1.54, 1.807) is 0 Å². The van der Waals surface area contributed by atoms with Gasteiger partial charge in [0.1, 0.15) is 0 Å². The second-order valence-corrected chi connectivity index (χ2v) is 5.90. The minimum absolute atomic E-state index is 0.887. The summed E-state index contributed by atoms with van der Waals surface area (Å²) in [5.74, 6) is 0.971. The van der Waals surface area contributed by atoms with Gasteiger partial charge in [0.2, 0.25) is 0 Å². The third-order valence-electron chi connectivity index (χ3n) is 4.41. The predicted molar refractivity (Wildman–Crippen MR) is 83.2 cm³/mol. The lowest BCUT2D eigenvalue weighted by Gasteiger charge is -2.20. The van der Waals surface area contributed by atoms with Crippen LogP contribution in [0.5, 0.6) is 0 Å². The molecule has 1 aliphatic heterocycles. The number of hydrogen-bond donors (Lipinski definition) is 1. The van der Waals surface area contributed by atoms with Crippen molar-refractivity contribution in [1.29, 1.82) is 0 Å². The summed E-state index contributed by atoms with van der Waals surface area (Å²) in [4.78, 5) is 2.65. The molecule has 2 nitrogen and oxygen atoms in total. The molecule has 1 heterocycles. The van der Waals surface area contributed by atoms with E-state index in [2.05, 4.69) is 30.0 Å². The average Bonchev–Trinajstić information content (AvgIpc) is 2.64. The molecule has 0 radical (unpaired) electrons. The van der Waals surface area contributed by atoms with Crippen molar-refractivity contribution in [1.82, 2.24) is 4.90 Å². The third kappa shape index (κ3) is 4.87. The topological polar surface area (TPSA) is 29.3 Å². The average molecular weight is 260 g/mol. The highest BCUT2D eigenvalue weighted by molar-refractivity contribution is 5.40. The summed E-state index contributed by atoms with van der Waals surface area (Å²) in [6.07, 6.45) is 7.98. The van der Waals surface area contributed by atoms with Gasteiger partial charge in [0.15, 0.2) is 0 Å². The van der Waals surface area contributed by atoms with Crippen molar-refractivity contribution >= 4 is 5.69 Å². The van der Waals surface area contributed by atoms with Crippen LogP contribution < -0.4 is 5.73 Å². The van der Waals surface area contributed by atoms with E-state index in [1.807, 2.05) is 6.07 Å². The van der Waals surface area contributed by atoms with E-state index in [-0.39, 0.29) is 0 Å². The molecule has 106 valence electrons. The molecule has 2 heteroatoms. The molecular weight excluding hydrogens is 232 g/mol. The molecule has 0 aliphatic carbocycles. The van der Waals surface area contributed by atoms with Crippen LogP contribution in [-0.4, -0.2) is 24.5 Å². The molecule has 1 aromatic carbocycles. The molecule has 0 bridgehead atoms. The van der Waals surface area contributed by atoms with Crippen LogP contribution in [0.1, 0.15) is 44.6 Å². The molecule has 0 spiro atoms. The molecule has 2 N–H and O–H groups in total. The van der Waals surface area contributed by atoms with E-state index >= 15 is 0 Å². The molecule has 1 fully saturated rings. The number of rotatable bonds is 5. The molecule has 0 saturated carbocycles. The Hall–Kier alpha value is -1.02. The Kier molecular flexibility index (Phi) is 5.71. The third-order valence-corrected chi connectivity index (χ3v) is 4.41. The van der Waals surface area contributed by atoms with Gasteiger partial charge in [-0.25, -0.2) is 0 Å². The van der Waals surface area contributed by atoms with Crippen molar-refractivity contribution in [3.8, 4) is 0 Å². The lowest BCUT2D eigenvalue weighted by molar-refractivity contribution is 0.277. The Morgan fingerprint density at radius 1 is 1.26 bits per heavy atom. The van der Waals surface area contributed by atoms with E-state index in [4.69, 9.17) is 5.73 Å². The zero-order valence-corrected chi connectivity index (χ0v) is 12.3. The SMILES string of the molecule is CCC1CCCN(CCCc2cccc(N)c2)CC1. The molecule has 19 heavy (non-hydrogen) atoms. The standard InChI is InChI=1S/C17H28N2/c1-2-15-7-4-11-19(13-10-15)12-5-8-16-6-3-9-17(18)14-16/h3,6,9,14-15H,2,4-5,7-8,10-13,18H2,1H3. The lowest BCUT2D eigenvalue weighted by atomic mass is 9.98. The van der Waals surface area contributed by atoms with Gasteiger partial charge in [0, 0.05) is 5.69 Å². The van der Waals surface area contributed by atoms with Gasteiger partial charge in [0.25, 0.3) is 0 Å². The number of aryl methyl sites for hydroxylation is 1. The first-order valence-electron chi connectivity index (χ1n) is 7.84. The van der Waals surface area contributed by atoms with Gasteiger partial charge in [0.05, 0.1) is 0 Å². The second-order valence-electron chi connectivity index (χ2n) is 5.90. The Bertz CT molecular complexity index is 375. The van der Waals surface area contributed by atoms with Crippen LogP contribution in [0.25, 0.3) is 0 Å². The number of anilines is 1. The Morgan fingerprint density at radius 3 is 2.95 bits per heavy atom. The summed E-state index contributed by atoms with van der Waals surface area (Å²) in [5, 5.41) is 0. The summed E-state index contributed by atoms with van der Waals surface area (Å²) < 4.78 is 0. The number of benzene rings is 1. The molecule has 1 unspecified atom stereocenters. The van der Waals surface area contributed by atoms with Gasteiger partial charge in [-0.2, -0.15) is 0 Å².